The van der Waals surface area contributed by atoms with Crippen molar-refractivity contribution in [2.24, 2.45) is 5.92 Å². The number of amides is 1. The van der Waals surface area contributed by atoms with E-state index in [1.807, 2.05) is 0 Å². The van der Waals surface area contributed by atoms with Crippen molar-refractivity contribution in [1.29, 1.82) is 0 Å². The maximum absolute atomic E-state index is 12.1. The number of carboxylic acid groups (broad SMARTS) is 1. The Morgan fingerprint density at radius 3 is 2.74 bits per heavy atom. The molecule has 100 valence electrons. The van der Waals surface area contributed by atoms with E-state index in [-0.39, 0.29) is 23.3 Å². The molecule has 1 atom stereocenters. The molecule has 0 unspecified atom stereocenters. The van der Waals surface area contributed by atoms with Crippen LogP contribution in [-0.4, -0.2) is 30.2 Å². The zero-order chi connectivity index (χ0) is 13.4. The molecule has 0 bridgehead atoms. The Balaban J connectivity index is 1.96. The van der Waals surface area contributed by atoms with Crippen LogP contribution in [0.4, 0.5) is 5.69 Å². The van der Waals surface area contributed by atoms with Gasteiger partial charge >= 0.3 is 5.97 Å². The third kappa shape index (κ3) is 2.10. The summed E-state index contributed by atoms with van der Waals surface area (Å²) in [6, 6.07) is 4.82. The Labute approximate surface area is 110 Å². The molecular formula is C14H15NO4. The number of hydrogen-bond acceptors (Lipinski definition) is 3. The highest BCUT2D eigenvalue weighted by Crippen LogP contribution is 2.41. The van der Waals surface area contributed by atoms with Crippen LogP contribution in [0.3, 0.4) is 0 Å². The molecule has 2 aliphatic rings. The minimum Gasteiger partial charge on any atom is -0.478 e. The molecule has 0 radical (unpaired) electrons. The summed E-state index contributed by atoms with van der Waals surface area (Å²) in [6.07, 6.45) is 1.68. The number of hydrogen-bond donors (Lipinski definition) is 2. The minimum absolute atomic E-state index is 0.0237. The van der Waals surface area contributed by atoms with E-state index < -0.39 is 5.97 Å². The first-order chi connectivity index (χ1) is 9.16. The number of fused-ring (bicyclic) bond motifs is 1. The van der Waals surface area contributed by atoms with Crippen LogP contribution in [0.25, 0.3) is 0 Å². The quantitative estimate of drug-likeness (QED) is 0.851. The maximum Gasteiger partial charge on any atom is 0.335 e. The van der Waals surface area contributed by atoms with Gasteiger partial charge in [0.2, 0.25) is 5.91 Å². The van der Waals surface area contributed by atoms with Crippen molar-refractivity contribution < 1.29 is 19.4 Å². The third-order valence-corrected chi connectivity index (χ3v) is 3.91. The molecule has 1 amide bonds. The Morgan fingerprint density at radius 2 is 2.05 bits per heavy atom. The molecule has 1 aromatic rings. The summed E-state index contributed by atoms with van der Waals surface area (Å²) < 4.78 is 5.32. The Hall–Kier alpha value is -1.88. The zero-order valence-corrected chi connectivity index (χ0v) is 10.4. The second-order valence-electron chi connectivity index (χ2n) is 5.02. The van der Waals surface area contributed by atoms with Crippen LogP contribution in [0.2, 0.25) is 0 Å². The van der Waals surface area contributed by atoms with E-state index in [1.54, 1.807) is 12.1 Å². The molecule has 0 saturated carbocycles. The van der Waals surface area contributed by atoms with Crippen molar-refractivity contribution in [3.8, 4) is 0 Å². The summed E-state index contributed by atoms with van der Waals surface area (Å²) in [5.41, 5.74) is 1.79. The lowest BCUT2D eigenvalue weighted by Gasteiger charge is -2.26. The molecule has 2 N–H and O–H groups in total. The summed E-state index contributed by atoms with van der Waals surface area (Å²) in [5.74, 6) is -0.991. The lowest BCUT2D eigenvalue weighted by molar-refractivity contribution is -0.118. The van der Waals surface area contributed by atoms with Gasteiger partial charge in [-0.15, -0.1) is 0 Å². The van der Waals surface area contributed by atoms with Gasteiger partial charge in [-0.25, -0.2) is 4.79 Å². The molecule has 2 aliphatic heterocycles. The molecule has 2 heterocycles. The van der Waals surface area contributed by atoms with E-state index in [4.69, 9.17) is 9.84 Å². The lowest BCUT2D eigenvalue weighted by Crippen LogP contribution is -2.26. The highest BCUT2D eigenvalue weighted by Gasteiger charge is 2.37. The fourth-order valence-electron chi connectivity index (χ4n) is 2.94. The first kappa shape index (κ1) is 12.2. The van der Waals surface area contributed by atoms with Crippen molar-refractivity contribution in [2.45, 2.75) is 18.8 Å². The monoisotopic (exact) mass is 261 g/mol. The fraction of sp³-hybridized carbons (Fsp3) is 0.429. The first-order valence-electron chi connectivity index (χ1n) is 6.42. The number of rotatable bonds is 2. The summed E-state index contributed by atoms with van der Waals surface area (Å²) in [7, 11) is 0. The van der Waals surface area contributed by atoms with E-state index in [0.29, 0.717) is 13.2 Å². The van der Waals surface area contributed by atoms with Crippen LogP contribution in [0.5, 0.6) is 0 Å². The van der Waals surface area contributed by atoms with Gasteiger partial charge in [-0.1, -0.05) is 0 Å². The largest absolute Gasteiger partial charge is 0.478 e. The second-order valence-corrected chi connectivity index (χ2v) is 5.02. The normalized spacial score (nSPS) is 22.9. The van der Waals surface area contributed by atoms with Crippen LogP contribution in [-0.2, 0) is 9.53 Å². The van der Waals surface area contributed by atoms with Crippen LogP contribution in [0.1, 0.15) is 34.7 Å². The van der Waals surface area contributed by atoms with Gasteiger partial charge < -0.3 is 15.2 Å². The molecule has 19 heavy (non-hydrogen) atoms. The highest BCUT2D eigenvalue weighted by atomic mass is 16.5. The van der Waals surface area contributed by atoms with Gasteiger partial charge in [0, 0.05) is 18.9 Å². The van der Waals surface area contributed by atoms with Crippen molar-refractivity contribution >= 4 is 17.6 Å². The van der Waals surface area contributed by atoms with E-state index in [2.05, 4.69) is 5.32 Å². The van der Waals surface area contributed by atoms with Crippen molar-refractivity contribution in [1.82, 2.24) is 0 Å². The molecule has 1 aromatic carbocycles. The minimum atomic E-state index is -0.965. The molecule has 3 rings (SSSR count). The maximum atomic E-state index is 12.1. The SMILES string of the molecule is O=C(O)c1ccc2c(c1)[C@H](C1CCOCC1)C(=O)N2. The number of carbonyl (C=O) groups is 2. The zero-order valence-electron chi connectivity index (χ0n) is 10.4. The molecule has 0 spiro atoms. The molecule has 0 aromatic heterocycles. The van der Waals surface area contributed by atoms with Crippen molar-refractivity contribution in [2.75, 3.05) is 18.5 Å². The number of ether oxygens (including phenoxy) is 1. The first-order valence-corrected chi connectivity index (χ1v) is 6.42. The van der Waals surface area contributed by atoms with Gasteiger partial charge in [0.15, 0.2) is 0 Å². The van der Waals surface area contributed by atoms with Gasteiger partial charge in [0.05, 0.1) is 11.5 Å². The summed E-state index contributed by atoms with van der Waals surface area (Å²) in [5, 5.41) is 11.9. The Kier molecular flexibility index (Phi) is 2.98. The average Bonchev–Trinajstić information content (AvgIpc) is 2.74. The van der Waals surface area contributed by atoms with E-state index in [9.17, 15) is 9.59 Å². The van der Waals surface area contributed by atoms with Crippen molar-refractivity contribution in [3.63, 3.8) is 0 Å². The Morgan fingerprint density at radius 1 is 1.32 bits per heavy atom. The molecule has 5 heteroatoms. The summed E-state index contributed by atoms with van der Waals surface area (Å²) in [4.78, 5) is 23.2. The average molecular weight is 261 g/mol. The molecule has 5 nitrogen and oxygen atoms in total. The fourth-order valence-corrected chi connectivity index (χ4v) is 2.94. The van der Waals surface area contributed by atoms with E-state index >= 15 is 0 Å². The smallest absolute Gasteiger partial charge is 0.335 e. The molecular weight excluding hydrogens is 246 g/mol. The van der Waals surface area contributed by atoms with Crippen LogP contribution < -0.4 is 5.32 Å². The Bertz CT molecular complexity index is 534. The number of carbonyl (C=O) groups excluding carboxylic acids is 1. The van der Waals surface area contributed by atoms with Gasteiger partial charge in [0.25, 0.3) is 0 Å². The topological polar surface area (TPSA) is 75.6 Å². The standard InChI is InChI=1S/C14H15NO4/c16-13-12(8-3-5-19-6-4-8)10-7-9(14(17)18)1-2-11(10)15-13/h1-2,7-8,12H,3-6H2,(H,15,16)(H,17,18)/t12-/m0/s1. The molecule has 0 aliphatic carbocycles. The third-order valence-electron chi connectivity index (χ3n) is 3.91. The summed E-state index contributed by atoms with van der Waals surface area (Å²) in [6.45, 7) is 1.34. The number of anilines is 1. The van der Waals surface area contributed by atoms with Gasteiger partial charge in [-0.2, -0.15) is 0 Å². The molecule has 1 fully saturated rings. The number of benzene rings is 1. The van der Waals surface area contributed by atoms with E-state index in [1.165, 1.54) is 6.07 Å². The van der Waals surface area contributed by atoms with Gasteiger partial charge in [-0.05, 0) is 42.5 Å². The second kappa shape index (κ2) is 4.66. The predicted molar refractivity (Wildman–Crippen MR) is 68.3 cm³/mol. The number of carboxylic acids is 1. The van der Waals surface area contributed by atoms with E-state index in [0.717, 1.165) is 24.1 Å². The number of nitrogens with one attached hydrogen (secondary N) is 1. The lowest BCUT2D eigenvalue weighted by atomic mass is 9.82. The van der Waals surface area contributed by atoms with Crippen molar-refractivity contribution in [3.05, 3.63) is 29.3 Å². The number of aromatic carboxylic acids is 1. The van der Waals surface area contributed by atoms with Gasteiger partial charge in [-0.3, -0.25) is 4.79 Å². The highest BCUT2D eigenvalue weighted by molar-refractivity contribution is 6.04. The van der Waals surface area contributed by atoms with Crippen LogP contribution in [0.15, 0.2) is 18.2 Å². The molecule has 1 saturated heterocycles. The van der Waals surface area contributed by atoms with Gasteiger partial charge in [0.1, 0.15) is 0 Å². The summed E-state index contributed by atoms with van der Waals surface area (Å²) >= 11 is 0. The predicted octanol–water partition coefficient (Wildman–Crippen LogP) is 1.85. The van der Waals surface area contributed by atoms with Crippen LogP contribution >= 0.6 is 0 Å². The van der Waals surface area contributed by atoms with Crippen LogP contribution in [0, 0.1) is 5.92 Å².